The third kappa shape index (κ3) is 3.27. The normalized spacial score (nSPS) is 16.9. The first kappa shape index (κ1) is 16.6. The van der Waals surface area contributed by atoms with E-state index in [4.69, 9.17) is 4.74 Å². The fourth-order valence-electron chi connectivity index (χ4n) is 2.68. The minimum atomic E-state index is -0.485. The summed E-state index contributed by atoms with van der Waals surface area (Å²) in [5.74, 6) is 0.108. The summed E-state index contributed by atoms with van der Waals surface area (Å²) in [6.45, 7) is 2.19. The molecule has 0 bridgehead atoms. The molecule has 0 radical (unpaired) electrons. The molecular weight excluding hydrogens is 359 g/mol. The highest BCUT2D eigenvalue weighted by Crippen LogP contribution is 2.27. The van der Waals surface area contributed by atoms with Crippen molar-refractivity contribution >= 4 is 23.5 Å². The number of aromatic nitrogens is 5. The van der Waals surface area contributed by atoms with E-state index in [0.717, 1.165) is 10.7 Å². The van der Waals surface area contributed by atoms with Gasteiger partial charge in [-0.2, -0.15) is 10.3 Å². The van der Waals surface area contributed by atoms with Gasteiger partial charge in [0.1, 0.15) is 16.9 Å². The van der Waals surface area contributed by atoms with Gasteiger partial charge < -0.3 is 9.30 Å². The lowest BCUT2D eigenvalue weighted by molar-refractivity contribution is 0.151. The van der Waals surface area contributed by atoms with Gasteiger partial charge in [-0.25, -0.2) is 14.2 Å². The largest absolute Gasteiger partial charge is 0.443 e. The summed E-state index contributed by atoms with van der Waals surface area (Å²) < 4.78 is 21.5. The number of ether oxygens (including phenoxy) is 1. The summed E-state index contributed by atoms with van der Waals surface area (Å²) in [4.78, 5) is 17.7. The molecule has 1 aliphatic rings. The minimum absolute atomic E-state index is 0.303. The van der Waals surface area contributed by atoms with Gasteiger partial charge in [0.2, 0.25) is 0 Å². The first-order valence-corrected chi connectivity index (χ1v) is 8.86. The molecular formula is C16H15FN6O2S. The van der Waals surface area contributed by atoms with Gasteiger partial charge in [0.05, 0.1) is 36.1 Å². The highest BCUT2D eigenvalue weighted by atomic mass is 32.2. The topological polar surface area (TPSA) is 88.9 Å². The molecule has 1 N–H and O–H groups in total. The predicted molar refractivity (Wildman–Crippen MR) is 93.0 cm³/mol. The summed E-state index contributed by atoms with van der Waals surface area (Å²) in [5, 5.41) is 10.9. The Labute approximate surface area is 152 Å². The maximum Gasteiger partial charge on any atom is 0.414 e. The summed E-state index contributed by atoms with van der Waals surface area (Å²) in [7, 11) is 0. The number of benzene rings is 1. The van der Waals surface area contributed by atoms with Gasteiger partial charge in [-0.3, -0.25) is 4.90 Å². The molecule has 1 amide bonds. The number of nitrogens with one attached hydrogen (secondary N) is 1. The number of aromatic amines is 1. The number of thioether (sulfide) groups is 1. The van der Waals surface area contributed by atoms with Crippen molar-refractivity contribution < 1.29 is 13.9 Å². The van der Waals surface area contributed by atoms with E-state index in [2.05, 4.69) is 20.4 Å². The van der Waals surface area contributed by atoms with Crippen molar-refractivity contribution in [3.63, 3.8) is 0 Å². The summed E-state index contributed by atoms with van der Waals surface area (Å²) in [5.41, 5.74) is 1.63. The first-order chi connectivity index (χ1) is 12.6. The van der Waals surface area contributed by atoms with Gasteiger partial charge in [-0.05, 0) is 25.1 Å². The van der Waals surface area contributed by atoms with Crippen LogP contribution in [0.5, 0.6) is 0 Å². The second kappa shape index (κ2) is 6.79. The summed E-state index contributed by atoms with van der Waals surface area (Å²) >= 11 is 1.44. The quantitative estimate of drug-likeness (QED) is 0.691. The molecule has 0 unspecified atom stereocenters. The molecule has 134 valence electrons. The Bertz CT molecular complexity index is 929. The van der Waals surface area contributed by atoms with Gasteiger partial charge in [0.15, 0.2) is 0 Å². The van der Waals surface area contributed by atoms with Crippen LogP contribution in [0.15, 0.2) is 41.9 Å². The zero-order valence-electron chi connectivity index (χ0n) is 13.8. The first-order valence-electron chi connectivity index (χ1n) is 7.87. The number of aryl methyl sites for hydroxylation is 1. The lowest BCUT2D eigenvalue weighted by atomic mass is 10.2. The Balaban J connectivity index is 1.47. The van der Waals surface area contributed by atoms with E-state index < -0.39 is 11.9 Å². The van der Waals surface area contributed by atoms with Crippen LogP contribution in [-0.4, -0.2) is 49.5 Å². The van der Waals surface area contributed by atoms with Crippen LogP contribution in [0, 0.1) is 12.7 Å². The van der Waals surface area contributed by atoms with Gasteiger partial charge in [-0.1, -0.05) is 11.8 Å². The molecule has 1 aromatic carbocycles. The fourth-order valence-corrected chi connectivity index (χ4v) is 3.45. The van der Waals surface area contributed by atoms with Crippen molar-refractivity contribution in [1.82, 2.24) is 25.0 Å². The molecule has 0 saturated carbocycles. The molecule has 10 heteroatoms. The maximum absolute atomic E-state index is 14.5. The average Bonchev–Trinajstić information content (AvgIpc) is 3.34. The standard InChI is InChI=1S/C16H15FN6O2S/c1-10-6-22(9-18-10)14-3-2-11(4-13(14)17)23-7-12(25-16(23)24)8-26-15-5-19-21-20-15/h2-6,9,12H,7-8H2,1H3,(H,19,20,21)/t12-/m1/s1. The zero-order chi connectivity index (χ0) is 18.1. The SMILES string of the molecule is Cc1cn(-c2ccc(N3C[C@H](CSc4cn[nH]n4)OC3=O)cc2F)cn1. The molecule has 4 rings (SSSR count). The van der Waals surface area contributed by atoms with E-state index in [-0.39, 0.29) is 6.10 Å². The smallest absolute Gasteiger partial charge is 0.414 e. The van der Waals surface area contributed by atoms with Gasteiger partial charge >= 0.3 is 6.09 Å². The second-order valence-electron chi connectivity index (χ2n) is 5.79. The zero-order valence-corrected chi connectivity index (χ0v) is 14.6. The van der Waals surface area contributed by atoms with Crippen molar-refractivity contribution in [2.75, 3.05) is 17.2 Å². The highest BCUT2D eigenvalue weighted by Gasteiger charge is 2.32. The van der Waals surface area contributed by atoms with Crippen molar-refractivity contribution in [3.05, 3.63) is 48.4 Å². The van der Waals surface area contributed by atoms with Gasteiger partial charge in [0, 0.05) is 11.9 Å². The maximum atomic E-state index is 14.5. The molecule has 1 atom stereocenters. The summed E-state index contributed by atoms with van der Waals surface area (Å²) in [6.07, 6.45) is 4.10. The molecule has 1 aliphatic heterocycles. The third-order valence-electron chi connectivity index (χ3n) is 3.92. The molecule has 1 fully saturated rings. The Morgan fingerprint density at radius 1 is 1.46 bits per heavy atom. The number of rotatable bonds is 5. The Hall–Kier alpha value is -2.88. The molecule has 2 aromatic heterocycles. The number of amides is 1. The lowest BCUT2D eigenvalue weighted by Crippen LogP contribution is -2.25. The minimum Gasteiger partial charge on any atom is -0.443 e. The Morgan fingerprint density at radius 3 is 3.04 bits per heavy atom. The Morgan fingerprint density at radius 2 is 2.35 bits per heavy atom. The fraction of sp³-hybridized carbons (Fsp3) is 0.250. The van der Waals surface area contributed by atoms with E-state index in [1.54, 1.807) is 35.4 Å². The van der Waals surface area contributed by atoms with E-state index in [9.17, 15) is 9.18 Å². The van der Waals surface area contributed by atoms with Crippen LogP contribution < -0.4 is 4.90 Å². The number of carbonyl (C=O) groups is 1. The molecule has 3 aromatic rings. The molecule has 0 spiro atoms. The van der Waals surface area contributed by atoms with Gasteiger partial charge in [0.25, 0.3) is 0 Å². The van der Waals surface area contributed by atoms with E-state index in [1.807, 2.05) is 6.92 Å². The lowest BCUT2D eigenvalue weighted by Gasteiger charge is -2.14. The van der Waals surface area contributed by atoms with Crippen LogP contribution in [0.2, 0.25) is 0 Å². The number of H-pyrrole nitrogens is 1. The van der Waals surface area contributed by atoms with Crippen LogP contribution >= 0.6 is 11.8 Å². The van der Waals surface area contributed by atoms with E-state index >= 15 is 0 Å². The van der Waals surface area contributed by atoms with Crippen molar-refractivity contribution in [2.45, 2.75) is 18.1 Å². The monoisotopic (exact) mass is 374 g/mol. The number of anilines is 1. The van der Waals surface area contributed by atoms with E-state index in [0.29, 0.717) is 23.7 Å². The third-order valence-corrected chi connectivity index (χ3v) is 4.95. The van der Waals surface area contributed by atoms with Crippen LogP contribution in [0.3, 0.4) is 0 Å². The number of hydrogen-bond acceptors (Lipinski definition) is 6. The van der Waals surface area contributed by atoms with Crippen LogP contribution in [-0.2, 0) is 4.74 Å². The number of hydrogen-bond donors (Lipinski definition) is 1. The number of nitrogens with zero attached hydrogens (tertiary/aromatic N) is 5. The molecule has 26 heavy (non-hydrogen) atoms. The number of halogens is 1. The van der Waals surface area contributed by atoms with Crippen LogP contribution in [0.4, 0.5) is 14.9 Å². The van der Waals surface area contributed by atoms with E-state index in [1.165, 1.54) is 22.7 Å². The molecule has 1 saturated heterocycles. The number of carbonyl (C=O) groups excluding carboxylic acids is 1. The predicted octanol–water partition coefficient (Wildman–Crippen LogP) is 2.56. The average molecular weight is 374 g/mol. The van der Waals surface area contributed by atoms with Crippen molar-refractivity contribution in [2.24, 2.45) is 0 Å². The number of cyclic esters (lactones) is 1. The number of imidazole rings is 1. The molecule has 8 nitrogen and oxygen atoms in total. The highest BCUT2D eigenvalue weighted by molar-refractivity contribution is 7.99. The van der Waals surface area contributed by atoms with Crippen LogP contribution in [0.1, 0.15) is 5.69 Å². The van der Waals surface area contributed by atoms with Crippen molar-refractivity contribution in [3.8, 4) is 5.69 Å². The molecule has 0 aliphatic carbocycles. The molecule has 3 heterocycles. The van der Waals surface area contributed by atoms with Crippen molar-refractivity contribution in [1.29, 1.82) is 0 Å². The Kier molecular flexibility index (Phi) is 4.33. The second-order valence-corrected chi connectivity index (χ2v) is 6.83. The van der Waals surface area contributed by atoms with Crippen LogP contribution in [0.25, 0.3) is 5.69 Å². The summed E-state index contributed by atoms with van der Waals surface area (Å²) in [6, 6.07) is 4.65. The van der Waals surface area contributed by atoms with Gasteiger partial charge in [-0.15, -0.1) is 5.10 Å².